The molecule has 3 N–H and O–H groups in total. The van der Waals surface area contributed by atoms with Gasteiger partial charge in [0, 0.05) is 24.8 Å². The molecule has 1 aromatic carbocycles. The number of aromatic nitrogens is 3. The summed E-state index contributed by atoms with van der Waals surface area (Å²) in [6.45, 7) is 3.10. The Morgan fingerprint density at radius 1 is 1.13 bits per heavy atom. The molecular formula is C23H25N5O2. The van der Waals surface area contributed by atoms with Crippen molar-refractivity contribution < 1.29 is 9.84 Å². The van der Waals surface area contributed by atoms with Gasteiger partial charge >= 0.3 is 0 Å². The summed E-state index contributed by atoms with van der Waals surface area (Å²) in [6, 6.07) is 8.11. The van der Waals surface area contributed by atoms with E-state index in [1.54, 1.807) is 6.33 Å². The fraction of sp³-hybridized carbons (Fsp3) is 0.391. The van der Waals surface area contributed by atoms with E-state index in [2.05, 4.69) is 43.1 Å². The third-order valence-electron chi connectivity index (χ3n) is 5.83. The summed E-state index contributed by atoms with van der Waals surface area (Å²) < 4.78 is 5.52. The second-order valence-corrected chi connectivity index (χ2v) is 7.91. The number of morpholine rings is 1. The highest BCUT2D eigenvalue weighted by atomic mass is 16.5. The van der Waals surface area contributed by atoms with Crippen molar-refractivity contribution in [2.24, 2.45) is 0 Å². The van der Waals surface area contributed by atoms with E-state index in [1.807, 2.05) is 24.4 Å². The molecule has 0 unspecified atom stereocenters. The van der Waals surface area contributed by atoms with E-state index >= 15 is 0 Å². The predicted octanol–water partition coefficient (Wildman–Crippen LogP) is 3.19. The Hall–Kier alpha value is -3.08. The number of aromatic amines is 1. The number of hydrogen-bond donors (Lipinski definition) is 3. The van der Waals surface area contributed by atoms with Gasteiger partial charge < -0.3 is 25.0 Å². The van der Waals surface area contributed by atoms with Crippen molar-refractivity contribution in [2.75, 3.05) is 36.5 Å². The maximum absolute atomic E-state index is 10.6. The lowest BCUT2D eigenvalue weighted by Crippen LogP contribution is -2.36. The molecule has 2 aliphatic rings. The van der Waals surface area contributed by atoms with Crippen LogP contribution in [-0.4, -0.2) is 52.0 Å². The van der Waals surface area contributed by atoms with Gasteiger partial charge in [-0.1, -0.05) is 11.8 Å². The zero-order chi connectivity index (χ0) is 20.4. The SMILES string of the molecule is OC1(C#Cc2ccc(N3CCOCC3)c(Nc3ncnc4[nH]ccc34)c2)CCCC1. The second-order valence-electron chi connectivity index (χ2n) is 7.91. The molecule has 0 spiro atoms. The van der Waals surface area contributed by atoms with E-state index in [0.717, 1.165) is 72.6 Å². The van der Waals surface area contributed by atoms with Crippen molar-refractivity contribution >= 4 is 28.2 Å². The van der Waals surface area contributed by atoms with Crippen molar-refractivity contribution in [3.63, 3.8) is 0 Å². The number of nitrogens with one attached hydrogen (secondary N) is 2. The van der Waals surface area contributed by atoms with Crippen LogP contribution < -0.4 is 10.2 Å². The van der Waals surface area contributed by atoms with Gasteiger partial charge in [0.15, 0.2) is 0 Å². The van der Waals surface area contributed by atoms with Gasteiger partial charge in [-0.2, -0.15) is 0 Å². The molecule has 30 heavy (non-hydrogen) atoms. The van der Waals surface area contributed by atoms with Crippen LogP contribution in [0.15, 0.2) is 36.8 Å². The molecule has 1 aliphatic carbocycles. The number of nitrogens with zero attached hydrogens (tertiary/aromatic N) is 3. The Bertz CT molecular complexity index is 1100. The van der Waals surface area contributed by atoms with Gasteiger partial charge in [-0.05, 0) is 49.9 Å². The number of rotatable bonds is 3. The third-order valence-corrected chi connectivity index (χ3v) is 5.83. The number of H-pyrrole nitrogens is 1. The van der Waals surface area contributed by atoms with Crippen LogP contribution in [-0.2, 0) is 4.74 Å². The molecule has 7 heteroatoms. The molecule has 0 atom stereocenters. The van der Waals surface area contributed by atoms with Gasteiger partial charge in [-0.3, -0.25) is 0 Å². The van der Waals surface area contributed by atoms with Gasteiger partial charge in [0.05, 0.1) is 30.0 Å². The first-order valence-corrected chi connectivity index (χ1v) is 10.5. The van der Waals surface area contributed by atoms with Crippen molar-refractivity contribution in [3.8, 4) is 11.8 Å². The Morgan fingerprint density at radius 3 is 2.80 bits per heavy atom. The molecule has 0 bridgehead atoms. The van der Waals surface area contributed by atoms with E-state index in [4.69, 9.17) is 4.74 Å². The molecule has 3 aromatic rings. The standard InChI is InChI=1S/C23H25N5O2/c29-23(7-1-2-8-23)9-5-17-3-4-20(28-11-13-30-14-12-28)19(15-17)27-22-18-6-10-24-21(18)25-16-26-22/h3-4,6,10,15-16,29H,1-2,7-8,11-14H2,(H2,24,25,26,27). The number of ether oxygens (including phenoxy) is 1. The Labute approximate surface area is 175 Å². The van der Waals surface area contributed by atoms with E-state index in [0.29, 0.717) is 13.2 Å². The van der Waals surface area contributed by atoms with E-state index < -0.39 is 5.60 Å². The normalized spacial score (nSPS) is 18.2. The van der Waals surface area contributed by atoms with Gasteiger partial charge in [0.2, 0.25) is 0 Å². The molecule has 0 radical (unpaired) electrons. The summed E-state index contributed by atoms with van der Waals surface area (Å²) >= 11 is 0. The van der Waals surface area contributed by atoms with Gasteiger partial charge in [0.25, 0.3) is 0 Å². The summed E-state index contributed by atoms with van der Waals surface area (Å²) in [6.07, 6.45) is 6.99. The fourth-order valence-corrected chi connectivity index (χ4v) is 4.17. The number of aliphatic hydroxyl groups is 1. The van der Waals surface area contributed by atoms with Crippen LogP contribution >= 0.6 is 0 Å². The average molecular weight is 403 g/mol. The molecule has 1 saturated heterocycles. The number of anilines is 3. The second kappa shape index (κ2) is 7.98. The average Bonchev–Trinajstić information content (AvgIpc) is 3.43. The third kappa shape index (κ3) is 3.84. The summed E-state index contributed by atoms with van der Waals surface area (Å²) in [4.78, 5) is 14.2. The van der Waals surface area contributed by atoms with E-state index in [9.17, 15) is 5.11 Å². The van der Waals surface area contributed by atoms with Crippen LogP contribution in [0.5, 0.6) is 0 Å². The first kappa shape index (κ1) is 18.9. The molecular weight excluding hydrogens is 378 g/mol. The quantitative estimate of drug-likeness (QED) is 0.583. The first-order valence-electron chi connectivity index (χ1n) is 10.5. The highest BCUT2D eigenvalue weighted by molar-refractivity contribution is 5.90. The minimum Gasteiger partial charge on any atom is -0.378 e. The Morgan fingerprint density at radius 2 is 1.97 bits per heavy atom. The lowest BCUT2D eigenvalue weighted by atomic mass is 10.0. The van der Waals surface area contributed by atoms with Crippen LogP contribution in [0.25, 0.3) is 11.0 Å². The number of hydrogen-bond acceptors (Lipinski definition) is 6. The van der Waals surface area contributed by atoms with Crippen molar-refractivity contribution in [2.45, 2.75) is 31.3 Å². The summed E-state index contributed by atoms with van der Waals surface area (Å²) in [5.41, 5.74) is 2.84. The minimum atomic E-state index is -0.847. The lowest BCUT2D eigenvalue weighted by Gasteiger charge is -2.30. The maximum atomic E-state index is 10.6. The van der Waals surface area contributed by atoms with Crippen LogP contribution in [0, 0.1) is 11.8 Å². The van der Waals surface area contributed by atoms with Gasteiger partial charge in [0.1, 0.15) is 23.4 Å². The molecule has 0 amide bonds. The summed E-state index contributed by atoms with van der Waals surface area (Å²) in [5, 5.41) is 15.0. The maximum Gasteiger partial charge on any atom is 0.143 e. The van der Waals surface area contributed by atoms with Crippen molar-refractivity contribution in [1.29, 1.82) is 0 Å². The zero-order valence-electron chi connectivity index (χ0n) is 16.8. The van der Waals surface area contributed by atoms with Crippen LogP contribution in [0.1, 0.15) is 31.2 Å². The van der Waals surface area contributed by atoms with E-state index in [1.165, 1.54) is 0 Å². The monoisotopic (exact) mass is 403 g/mol. The topological polar surface area (TPSA) is 86.3 Å². The molecule has 5 rings (SSSR count). The van der Waals surface area contributed by atoms with Crippen molar-refractivity contribution in [3.05, 3.63) is 42.4 Å². The number of benzene rings is 1. The van der Waals surface area contributed by atoms with Crippen LogP contribution in [0.3, 0.4) is 0 Å². The van der Waals surface area contributed by atoms with Crippen LogP contribution in [0.2, 0.25) is 0 Å². The molecule has 1 aliphatic heterocycles. The lowest BCUT2D eigenvalue weighted by molar-refractivity contribution is 0.110. The molecule has 2 aromatic heterocycles. The van der Waals surface area contributed by atoms with E-state index in [-0.39, 0.29) is 0 Å². The number of fused-ring (bicyclic) bond motifs is 1. The highest BCUT2D eigenvalue weighted by Gasteiger charge is 2.28. The highest BCUT2D eigenvalue weighted by Crippen LogP contribution is 2.33. The summed E-state index contributed by atoms with van der Waals surface area (Å²) in [5.74, 6) is 7.04. The Kier molecular flexibility index (Phi) is 5.03. The molecule has 2 fully saturated rings. The Balaban J connectivity index is 1.51. The smallest absolute Gasteiger partial charge is 0.143 e. The van der Waals surface area contributed by atoms with Crippen LogP contribution in [0.4, 0.5) is 17.2 Å². The largest absolute Gasteiger partial charge is 0.378 e. The molecule has 7 nitrogen and oxygen atoms in total. The first-order chi connectivity index (χ1) is 14.7. The fourth-order valence-electron chi connectivity index (χ4n) is 4.17. The zero-order valence-corrected chi connectivity index (χ0v) is 16.8. The summed E-state index contributed by atoms with van der Waals surface area (Å²) in [7, 11) is 0. The van der Waals surface area contributed by atoms with Crippen molar-refractivity contribution in [1.82, 2.24) is 15.0 Å². The molecule has 154 valence electrons. The molecule has 1 saturated carbocycles. The predicted molar refractivity (Wildman–Crippen MR) is 117 cm³/mol. The minimum absolute atomic E-state index is 0.712. The van der Waals surface area contributed by atoms with Gasteiger partial charge in [-0.15, -0.1) is 0 Å². The van der Waals surface area contributed by atoms with Gasteiger partial charge in [-0.25, -0.2) is 9.97 Å². The molecule has 3 heterocycles.